The monoisotopic (exact) mass is 323 g/mol. The summed E-state index contributed by atoms with van der Waals surface area (Å²) in [6.07, 6.45) is -3.72. The van der Waals surface area contributed by atoms with Crippen LogP contribution in [0.2, 0.25) is 0 Å². The van der Waals surface area contributed by atoms with E-state index >= 15 is 0 Å². The molecule has 0 spiro atoms. The van der Waals surface area contributed by atoms with Crippen LogP contribution in [-0.2, 0) is 6.18 Å². The van der Waals surface area contributed by atoms with Gasteiger partial charge in [0.25, 0.3) is 0 Å². The van der Waals surface area contributed by atoms with Crippen LogP contribution in [0.1, 0.15) is 27.1 Å². The van der Waals surface area contributed by atoms with Crippen molar-refractivity contribution in [3.05, 3.63) is 51.0 Å². The Labute approximate surface area is 120 Å². The lowest BCUT2D eigenvalue weighted by atomic mass is 10.0. The van der Waals surface area contributed by atoms with Gasteiger partial charge in [0, 0.05) is 16.6 Å². The molecule has 1 heterocycles. The van der Waals surface area contributed by atoms with Crippen molar-refractivity contribution in [2.24, 2.45) is 5.84 Å². The second kappa shape index (κ2) is 5.66. The molecule has 0 saturated heterocycles. The van der Waals surface area contributed by atoms with E-state index in [0.29, 0.717) is 0 Å². The molecular weight excluding hydrogens is 313 g/mol. The molecule has 21 heavy (non-hydrogen) atoms. The average molecular weight is 323 g/mol. The average Bonchev–Trinajstić information content (AvgIpc) is 2.88. The van der Waals surface area contributed by atoms with Gasteiger partial charge in [-0.3, -0.25) is 5.84 Å². The molecule has 1 unspecified atom stereocenters. The Morgan fingerprint density at radius 2 is 1.95 bits per heavy atom. The van der Waals surface area contributed by atoms with Crippen LogP contribution in [0.5, 0.6) is 0 Å². The summed E-state index contributed by atoms with van der Waals surface area (Å²) in [4.78, 5) is 3.18. The number of aromatic nitrogens is 1. The maximum atomic E-state index is 14.1. The Morgan fingerprint density at radius 3 is 2.48 bits per heavy atom. The van der Waals surface area contributed by atoms with Crippen LogP contribution in [0.4, 0.5) is 22.0 Å². The smallest absolute Gasteiger partial charge is 0.271 e. The Balaban J connectivity index is 2.51. The van der Waals surface area contributed by atoms with E-state index in [1.165, 1.54) is 13.0 Å². The highest BCUT2D eigenvalue weighted by Gasteiger charge is 2.36. The summed E-state index contributed by atoms with van der Waals surface area (Å²) < 4.78 is 65.5. The standard InChI is InChI=1S/C12H10F5N3S/c1-5-2-3-6(13)8(9(5)14)10(20-18)7-4-19-11(21-7)12(15,16)17/h2-4,10,20H,18H2,1H3. The fraction of sp³-hybridized carbons (Fsp3) is 0.250. The molecule has 2 aromatic rings. The van der Waals surface area contributed by atoms with Crippen LogP contribution >= 0.6 is 11.3 Å². The van der Waals surface area contributed by atoms with Crippen molar-refractivity contribution in [3.8, 4) is 0 Å². The summed E-state index contributed by atoms with van der Waals surface area (Å²) in [5, 5.41) is -1.11. The largest absolute Gasteiger partial charge is 0.443 e. The van der Waals surface area contributed by atoms with Gasteiger partial charge in [0.05, 0.1) is 6.04 Å². The van der Waals surface area contributed by atoms with Gasteiger partial charge in [-0.05, 0) is 18.6 Å². The number of rotatable bonds is 3. The lowest BCUT2D eigenvalue weighted by Crippen LogP contribution is -2.30. The summed E-state index contributed by atoms with van der Waals surface area (Å²) in [6, 6.07) is 1.01. The molecule has 0 aliphatic heterocycles. The maximum Gasteiger partial charge on any atom is 0.443 e. The molecule has 114 valence electrons. The quantitative estimate of drug-likeness (QED) is 0.518. The van der Waals surface area contributed by atoms with Gasteiger partial charge in [-0.25, -0.2) is 19.2 Å². The number of aryl methyl sites for hydroxylation is 1. The van der Waals surface area contributed by atoms with E-state index in [1.807, 2.05) is 0 Å². The molecule has 1 aromatic carbocycles. The number of halogens is 5. The first kappa shape index (κ1) is 15.8. The number of alkyl halides is 3. The minimum Gasteiger partial charge on any atom is -0.271 e. The first-order chi connectivity index (χ1) is 9.75. The van der Waals surface area contributed by atoms with Crippen LogP contribution in [0.25, 0.3) is 0 Å². The fourth-order valence-corrected chi connectivity index (χ4v) is 2.66. The number of nitrogens with two attached hydrogens (primary N) is 1. The van der Waals surface area contributed by atoms with Crippen molar-refractivity contribution in [1.82, 2.24) is 10.4 Å². The normalized spacial score (nSPS) is 13.5. The second-order valence-corrected chi connectivity index (χ2v) is 5.32. The molecule has 1 atom stereocenters. The van der Waals surface area contributed by atoms with Gasteiger partial charge in [-0.15, -0.1) is 11.3 Å². The number of benzene rings is 1. The highest BCUT2D eigenvalue weighted by atomic mass is 32.1. The van der Waals surface area contributed by atoms with Crippen LogP contribution < -0.4 is 11.3 Å². The number of hydrazine groups is 1. The van der Waals surface area contributed by atoms with Crippen molar-refractivity contribution < 1.29 is 22.0 Å². The zero-order valence-electron chi connectivity index (χ0n) is 10.6. The van der Waals surface area contributed by atoms with Crippen molar-refractivity contribution in [1.29, 1.82) is 0 Å². The number of hydrogen-bond acceptors (Lipinski definition) is 4. The molecule has 0 fully saturated rings. The minimum absolute atomic E-state index is 0.0341. The molecule has 1 aromatic heterocycles. The Morgan fingerprint density at radius 1 is 1.29 bits per heavy atom. The van der Waals surface area contributed by atoms with E-state index in [4.69, 9.17) is 5.84 Å². The summed E-state index contributed by atoms with van der Waals surface area (Å²) in [5.41, 5.74) is 1.86. The summed E-state index contributed by atoms with van der Waals surface area (Å²) in [7, 11) is 0. The highest BCUT2D eigenvalue weighted by Crippen LogP contribution is 2.37. The lowest BCUT2D eigenvalue weighted by Gasteiger charge is -2.17. The van der Waals surface area contributed by atoms with Crippen molar-refractivity contribution in [2.75, 3.05) is 0 Å². The Bertz CT molecular complexity index is 653. The maximum absolute atomic E-state index is 14.1. The summed E-state index contributed by atoms with van der Waals surface area (Å²) >= 11 is 0.279. The topological polar surface area (TPSA) is 50.9 Å². The van der Waals surface area contributed by atoms with Gasteiger partial charge in [0.15, 0.2) is 5.01 Å². The molecule has 0 amide bonds. The van der Waals surface area contributed by atoms with E-state index in [1.54, 1.807) is 0 Å². The van der Waals surface area contributed by atoms with Crippen LogP contribution in [0, 0.1) is 18.6 Å². The lowest BCUT2D eigenvalue weighted by molar-refractivity contribution is -0.137. The third-order valence-electron chi connectivity index (χ3n) is 2.83. The van der Waals surface area contributed by atoms with Crippen LogP contribution in [0.3, 0.4) is 0 Å². The first-order valence-electron chi connectivity index (χ1n) is 5.69. The molecule has 0 radical (unpaired) electrons. The van der Waals surface area contributed by atoms with E-state index in [0.717, 1.165) is 12.3 Å². The van der Waals surface area contributed by atoms with E-state index < -0.39 is 34.4 Å². The fourth-order valence-electron chi connectivity index (χ4n) is 1.80. The number of hydrogen-bond donors (Lipinski definition) is 2. The van der Waals surface area contributed by atoms with Crippen LogP contribution in [-0.4, -0.2) is 4.98 Å². The number of nitrogens with one attached hydrogen (secondary N) is 1. The van der Waals surface area contributed by atoms with Crippen molar-refractivity contribution in [2.45, 2.75) is 19.1 Å². The van der Waals surface area contributed by atoms with E-state index in [9.17, 15) is 22.0 Å². The molecule has 9 heteroatoms. The first-order valence-corrected chi connectivity index (χ1v) is 6.51. The predicted octanol–water partition coefficient (Wildman–Crippen LogP) is 3.30. The third kappa shape index (κ3) is 3.04. The summed E-state index contributed by atoms with van der Waals surface area (Å²) in [6.45, 7) is 1.42. The van der Waals surface area contributed by atoms with Gasteiger partial charge in [-0.2, -0.15) is 13.2 Å². The zero-order chi connectivity index (χ0) is 15.8. The van der Waals surface area contributed by atoms with Gasteiger partial charge >= 0.3 is 6.18 Å². The molecule has 0 aliphatic carbocycles. The third-order valence-corrected chi connectivity index (χ3v) is 3.93. The van der Waals surface area contributed by atoms with Gasteiger partial charge in [0.1, 0.15) is 11.6 Å². The highest BCUT2D eigenvalue weighted by molar-refractivity contribution is 7.11. The van der Waals surface area contributed by atoms with Gasteiger partial charge in [0.2, 0.25) is 0 Å². The molecule has 0 bridgehead atoms. The van der Waals surface area contributed by atoms with E-state index in [2.05, 4.69) is 10.4 Å². The Kier molecular flexibility index (Phi) is 4.26. The molecule has 2 rings (SSSR count). The zero-order valence-corrected chi connectivity index (χ0v) is 11.4. The molecule has 0 aliphatic rings. The van der Waals surface area contributed by atoms with Gasteiger partial charge in [-0.1, -0.05) is 6.07 Å². The van der Waals surface area contributed by atoms with Crippen molar-refractivity contribution >= 4 is 11.3 Å². The number of nitrogens with zero attached hydrogens (tertiary/aromatic N) is 1. The number of thiazole rings is 1. The second-order valence-electron chi connectivity index (χ2n) is 4.26. The molecule has 0 saturated carbocycles. The van der Waals surface area contributed by atoms with Gasteiger partial charge < -0.3 is 0 Å². The SMILES string of the molecule is Cc1ccc(F)c(C(NN)c2cnc(C(F)(F)F)s2)c1F. The summed E-state index contributed by atoms with van der Waals surface area (Å²) in [5.74, 6) is 3.50. The van der Waals surface area contributed by atoms with Crippen molar-refractivity contribution in [3.63, 3.8) is 0 Å². The molecular formula is C12H10F5N3S. The predicted molar refractivity (Wildman–Crippen MR) is 67.4 cm³/mol. The molecule has 3 nitrogen and oxygen atoms in total. The minimum atomic E-state index is -4.62. The van der Waals surface area contributed by atoms with E-state index in [-0.39, 0.29) is 21.8 Å². The van der Waals surface area contributed by atoms with Crippen LogP contribution in [0.15, 0.2) is 18.3 Å². The molecule has 3 N–H and O–H groups in total. The Hall–Kier alpha value is -1.58.